The molecular formula is C14H13ClN2O3. The normalized spacial score (nSPS) is 14.4. The SMILES string of the molecule is CN1CCc2c(C#N)ccc3oc(C(=O)O)c(c23)C1.Cl. The third kappa shape index (κ3) is 2.03. The summed E-state index contributed by atoms with van der Waals surface area (Å²) in [5, 5.41) is 19.2. The quantitative estimate of drug-likeness (QED) is 0.873. The Balaban J connectivity index is 0.00000147. The highest BCUT2D eigenvalue weighted by molar-refractivity contribution is 5.97. The van der Waals surface area contributed by atoms with E-state index in [0.29, 0.717) is 23.3 Å². The molecule has 0 atom stereocenters. The molecule has 0 saturated heterocycles. The van der Waals surface area contributed by atoms with Crippen LogP contribution < -0.4 is 0 Å². The van der Waals surface area contributed by atoms with Crippen LogP contribution in [-0.4, -0.2) is 29.6 Å². The molecule has 5 nitrogen and oxygen atoms in total. The van der Waals surface area contributed by atoms with Crippen LogP contribution in [-0.2, 0) is 13.0 Å². The number of hydrogen-bond donors (Lipinski definition) is 1. The van der Waals surface area contributed by atoms with E-state index in [1.165, 1.54) is 0 Å². The summed E-state index contributed by atoms with van der Waals surface area (Å²) in [4.78, 5) is 13.3. The summed E-state index contributed by atoms with van der Waals surface area (Å²) in [6.45, 7) is 1.32. The van der Waals surface area contributed by atoms with Gasteiger partial charge in [0.25, 0.3) is 0 Å². The Kier molecular flexibility index (Phi) is 3.71. The summed E-state index contributed by atoms with van der Waals surface area (Å²) < 4.78 is 5.44. The van der Waals surface area contributed by atoms with Crippen LogP contribution in [0.4, 0.5) is 0 Å². The van der Waals surface area contributed by atoms with Gasteiger partial charge < -0.3 is 14.4 Å². The predicted octanol–water partition coefficient (Wildman–Crippen LogP) is 2.41. The molecule has 0 spiro atoms. The lowest BCUT2D eigenvalue weighted by atomic mass is 9.99. The second-order valence-corrected chi connectivity index (χ2v) is 4.78. The minimum Gasteiger partial charge on any atom is -0.475 e. The van der Waals surface area contributed by atoms with E-state index >= 15 is 0 Å². The van der Waals surface area contributed by atoms with Crippen molar-refractivity contribution >= 4 is 29.3 Å². The average molecular weight is 293 g/mol. The number of halogens is 1. The molecule has 0 aliphatic carbocycles. The van der Waals surface area contributed by atoms with Gasteiger partial charge in [-0.15, -0.1) is 12.4 Å². The topological polar surface area (TPSA) is 77.5 Å². The molecule has 0 bridgehead atoms. The highest BCUT2D eigenvalue weighted by Crippen LogP contribution is 2.34. The molecule has 2 aromatic rings. The third-order valence-corrected chi connectivity index (χ3v) is 3.55. The summed E-state index contributed by atoms with van der Waals surface area (Å²) in [6.07, 6.45) is 0.725. The smallest absolute Gasteiger partial charge is 0.372 e. The number of carboxylic acid groups (broad SMARTS) is 1. The van der Waals surface area contributed by atoms with Gasteiger partial charge in [-0.2, -0.15) is 5.26 Å². The molecular weight excluding hydrogens is 280 g/mol. The summed E-state index contributed by atoms with van der Waals surface area (Å²) in [5.74, 6) is -1.08. The zero-order valence-corrected chi connectivity index (χ0v) is 11.7. The van der Waals surface area contributed by atoms with Crippen molar-refractivity contribution in [3.8, 4) is 6.07 Å². The lowest BCUT2D eigenvalue weighted by Crippen LogP contribution is -2.19. The Hall–Kier alpha value is -2.03. The number of benzene rings is 1. The molecule has 104 valence electrons. The maximum absolute atomic E-state index is 11.3. The number of rotatable bonds is 1. The standard InChI is InChI=1S/C14H12N2O3.ClH/c1-16-5-4-9-8(6-15)2-3-11-12(9)10(7-16)13(19-11)14(17)18;/h2-3H,4-5,7H2,1H3,(H,17,18);1H. The largest absolute Gasteiger partial charge is 0.475 e. The highest BCUT2D eigenvalue weighted by Gasteiger charge is 2.26. The number of likely N-dealkylation sites (N-methyl/N-ethyl adjacent to an activating group) is 1. The zero-order chi connectivity index (χ0) is 13.6. The molecule has 1 aliphatic heterocycles. The Bertz CT molecular complexity index is 730. The second kappa shape index (κ2) is 5.16. The predicted molar refractivity (Wildman–Crippen MR) is 75.2 cm³/mol. The van der Waals surface area contributed by atoms with Crippen LogP contribution in [0.2, 0.25) is 0 Å². The van der Waals surface area contributed by atoms with Crippen LogP contribution in [0.3, 0.4) is 0 Å². The van der Waals surface area contributed by atoms with Crippen LogP contribution in [0.15, 0.2) is 16.5 Å². The first-order chi connectivity index (χ1) is 9.11. The van der Waals surface area contributed by atoms with Crippen molar-refractivity contribution in [2.24, 2.45) is 0 Å². The van der Waals surface area contributed by atoms with E-state index in [9.17, 15) is 15.2 Å². The van der Waals surface area contributed by atoms with Crippen molar-refractivity contribution in [2.45, 2.75) is 13.0 Å². The Labute approximate surface area is 121 Å². The van der Waals surface area contributed by atoms with E-state index in [2.05, 4.69) is 6.07 Å². The monoisotopic (exact) mass is 292 g/mol. The Morgan fingerprint density at radius 2 is 2.20 bits per heavy atom. The zero-order valence-electron chi connectivity index (χ0n) is 10.8. The van der Waals surface area contributed by atoms with E-state index < -0.39 is 5.97 Å². The molecule has 0 fully saturated rings. The van der Waals surface area contributed by atoms with Crippen molar-refractivity contribution in [3.05, 3.63) is 34.6 Å². The van der Waals surface area contributed by atoms with Gasteiger partial charge in [-0.05, 0) is 31.2 Å². The molecule has 0 saturated carbocycles. The number of hydrogen-bond acceptors (Lipinski definition) is 4. The number of carbonyl (C=O) groups is 1. The summed E-state index contributed by atoms with van der Waals surface area (Å²) in [7, 11) is 1.93. The molecule has 0 amide bonds. The summed E-state index contributed by atoms with van der Waals surface area (Å²) >= 11 is 0. The first kappa shape index (κ1) is 14.4. The summed E-state index contributed by atoms with van der Waals surface area (Å²) in [5.41, 5.74) is 2.73. The number of nitrogens with zero attached hydrogens (tertiary/aromatic N) is 2. The summed E-state index contributed by atoms with van der Waals surface area (Å²) in [6, 6.07) is 5.55. The van der Waals surface area contributed by atoms with Crippen LogP contribution >= 0.6 is 12.4 Å². The van der Waals surface area contributed by atoms with Crippen molar-refractivity contribution in [2.75, 3.05) is 13.6 Å². The number of furan rings is 1. The van der Waals surface area contributed by atoms with Gasteiger partial charge in [-0.3, -0.25) is 0 Å². The van der Waals surface area contributed by atoms with Crippen LogP contribution in [0.5, 0.6) is 0 Å². The van der Waals surface area contributed by atoms with Crippen LogP contribution in [0.1, 0.15) is 27.2 Å². The molecule has 20 heavy (non-hydrogen) atoms. The van der Waals surface area contributed by atoms with Crippen LogP contribution in [0.25, 0.3) is 11.0 Å². The fourth-order valence-corrected chi connectivity index (χ4v) is 2.67. The maximum atomic E-state index is 11.3. The Morgan fingerprint density at radius 1 is 1.45 bits per heavy atom. The van der Waals surface area contributed by atoms with Gasteiger partial charge in [0.1, 0.15) is 5.58 Å². The molecule has 1 aromatic heterocycles. The average Bonchev–Trinajstić information content (AvgIpc) is 2.65. The molecule has 1 aromatic carbocycles. The molecule has 1 aliphatic rings. The van der Waals surface area contributed by atoms with Gasteiger partial charge in [0, 0.05) is 24.0 Å². The van der Waals surface area contributed by atoms with E-state index in [4.69, 9.17) is 4.42 Å². The molecule has 1 N–H and O–H groups in total. The van der Waals surface area contributed by atoms with Gasteiger partial charge in [0.15, 0.2) is 0 Å². The fourth-order valence-electron chi connectivity index (χ4n) is 2.67. The van der Waals surface area contributed by atoms with E-state index in [0.717, 1.165) is 23.9 Å². The first-order valence-corrected chi connectivity index (χ1v) is 6.01. The van der Waals surface area contributed by atoms with E-state index in [1.807, 2.05) is 11.9 Å². The van der Waals surface area contributed by atoms with Gasteiger partial charge in [-0.1, -0.05) is 0 Å². The minimum absolute atomic E-state index is 0. The highest BCUT2D eigenvalue weighted by atomic mass is 35.5. The van der Waals surface area contributed by atoms with Gasteiger partial charge in [0.05, 0.1) is 11.6 Å². The minimum atomic E-state index is -1.06. The maximum Gasteiger partial charge on any atom is 0.372 e. The fraction of sp³-hybridized carbons (Fsp3) is 0.286. The van der Waals surface area contributed by atoms with E-state index in [1.54, 1.807) is 12.1 Å². The van der Waals surface area contributed by atoms with Crippen LogP contribution in [0, 0.1) is 11.3 Å². The van der Waals surface area contributed by atoms with Crippen molar-refractivity contribution in [1.29, 1.82) is 5.26 Å². The third-order valence-electron chi connectivity index (χ3n) is 3.55. The lowest BCUT2D eigenvalue weighted by molar-refractivity contribution is 0.0662. The van der Waals surface area contributed by atoms with Gasteiger partial charge >= 0.3 is 5.97 Å². The second-order valence-electron chi connectivity index (χ2n) is 4.78. The van der Waals surface area contributed by atoms with Crippen molar-refractivity contribution in [1.82, 2.24) is 4.90 Å². The molecule has 3 rings (SSSR count). The van der Waals surface area contributed by atoms with E-state index in [-0.39, 0.29) is 18.2 Å². The van der Waals surface area contributed by atoms with Gasteiger partial charge in [-0.25, -0.2) is 4.79 Å². The van der Waals surface area contributed by atoms with Gasteiger partial charge in [0.2, 0.25) is 5.76 Å². The van der Waals surface area contributed by atoms with Crippen molar-refractivity contribution in [3.63, 3.8) is 0 Å². The molecule has 6 heteroatoms. The number of aromatic carboxylic acids is 1. The number of carboxylic acids is 1. The number of nitriles is 1. The lowest BCUT2D eigenvalue weighted by Gasteiger charge is -2.12. The first-order valence-electron chi connectivity index (χ1n) is 6.01. The van der Waals surface area contributed by atoms with Crippen molar-refractivity contribution < 1.29 is 14.3 Å². The molecule has 2 heterocycles. The Morgan fingerprint density at radius 3 is 2.85 bits per heavy atom. The molecule has 0 radical (unpaired) electrons. The molecule has 0 unspecified atom stereocenters.